The number of amides is 1. The van der Waals surface area contributed by atoms with E-state index in [0.29, 0.717) is 10.8 Å². The molecule has 28 heavy (non-hydrogen) atoms. The second kappa shape index (κ2) is 7.93. The number of nitrogens with zero attached hydrogens (tertiary/aromatic N) is 1. The Morgan fingerprint density at radius 2 is 1.82 bits per heavy atom. The van der Waals surface area contributed by atoms with Crippen molar-refractivity contribution in [1.82, 2.24) is 10.6 Å². The number of halogens is 2. The van der Waals surface area contributed by atoms with Gasteiger partial charge in [0.15, 0.2) is 16.7 Å². The van der Waals surface area contributed by atoms with E-state index in [1.54, 1.807) is 0 Å². The first-order chi connectivity index (χ1) is 13.3. The number of nitrogens with one attached hydrogen (secondary N) is 3. The zero-order chi connectivity index (χ0) is 20.4. The van der Waals surface area contributed by atoms with Gasteiger partial charge in [0.2, 0.25) is 5.91 Å². The summed E-state index contributed by atoms with van der Waals surface area (Å²) >= 11 is 5.21. The minimum Gasteiger partial charge on any atom is -0.378 e. The van der Waals surface area contributed by atoms with Crippen LogP contribution in [0, 0.1) is 17.6 Å². The van der Waals surface area contributed by atoms with Crippen LogP contribution in [0.15, 0.2) is 54.7 Å². The Morgan fingerprint density at radius 3 is 2.43 bits per heavy atom. The van der Waals surface area contributed by atoms with E-state index in [0.717, 1.165) is 23.4 Å². The lowest BCUT2D eigenvalue weighted by molar-refractivity contribution is -0.119. The predicted molar refractivity (Wildman–Crippen MR) is 110 cm³/mol. The van der Waals surface area contributed by atoms with Crippen LogP contribution in [-0.2, 0) is 4.79 Å². The maximum absolute atomic E-state index is 13.5. The minimum absolute atomic E-state index is 0.159. The molecule has 0 saturated carbocycles. The summed E-state index contributed by atoms with van der Waals surface area (Å²) in [5.41, 5.74) is 2.44. The van der Waals surface area contributed by atoms with Crippen molar-refractivity contribution in [3.8, 4) is 0 Å². The molecule has 0 aliphatic carbocycles. The van der Waals surface area contributed by atoms with Gasteiger partial charge in [-0.15, -0.1) is 0 Å². The molecular formula is C20H20F2N4OS. The van der Waals surface area contributed by atoms with Crippen molar-refractivity contribution >= 4 is 34.6 Å². The van der Waals surface area contributed by atoms with E-state index in [9.17, 15) is 13.6 Å². The van der Waals surface area contributed by atoms with Gasteiger partial charge < -0.3 is 20.9 Å². The Kier molecular flexibility index (Phi) is 5.60. The van der Waals surface area contributed by atoms with E-state index < -0.39 is 29.5 Å². The molecule has 2 aromatic rings. The van der Waals surface area contributed by atoms with Gasteiger partial charge in [-0.05, 0) is 42.0 Å². The van der Waals surface area contributed by atoms with Gasteiger partial charge >= 0.3 is 0 Å². The smallest absolute Gasteiger partial charge is 0.235 e. The summed E-state index contributed by atoms with van der Waals surface area (Å²) in [6.07, 6.45) is 0. The van der Waals surface area contributed by atoms with E-state index in [1.807, 2.05) is 43.3 Å². The number of hydrogen-bond donors (Lipinski definition) is 3. The fraction of sp³-hybridized carbons (Fsp3) is 0.200. The van der Waals surface area contributed by atoms with Gasteiger partial charge in [0.05, 0.1) is 6.04 Å². The molecule has 0 aromatic heterocycles. The first-order valence-corrected chi connectivity index (χ1v) is 8.96. The first kappa shape index (κ1) is 19.8. The first-order valence-electron chi connectivity index (χ1n) is 8.56. The molecule has 3 rings (SSSR count). The highest BCUT2D eigenvalue weighted by atomic mass is 32.1. The van der Waals surface area contributed by atoms with E-state index in [4.69, 9.17) is 12.2 Å². The molecule has 1 aliphatic heterocycles. The van der Waals surface area contributed by atoms with Gasteiger partial charge in [-0.2, -0.15) is 0 Å². The topological polar surface area (TPSA) is 56.4 Å². The second-order valence-electron chi connectivity index (χ2n) is 6.68. The van der Waals surface area contributed by atoms with Crippen LogP contribution in [0.5, 0.6) is 0 Å². The molecule has 1 heterocycles. The molecule has 0 radical (unpaired) electrons. The average Bonchev–Trinajstić information content (AvgIpc) is 2.64. The van der Waals surface area contributed by atoms with Gasteiger partial charge in [0, 0.05) is 37.2 Å². The Hall–Kier alpha value is -3.00. The third-order valence-electron chi connectivity index (χ3n) is 4.51. The zero-order valence-electron chi connectivity index (χ0n) is 15.4. The van der Waals surface area contributed by atoms with Crippen LogP contribution in [0.4, 0.5) is 20.2 Å². The molecule has 0 unspecified atom stereocenters. The molecule has 146 valence electrons. The normalized spacial score (nSPS) is 18.9. The highest BCUT2D eigenvalue weighted by molar-refractivity contribution is 7.80. The summed E-state index contributed by atoms with van der Waals surface area (Å²) in [6.45, 7) is 3.92. The van der Waals surface area contributed by atoms with Crippen molar-refractivity contribution in [3.05, 3.63) is 71.9 Å². The van der Waals surface area contributed by atoms with Crippen molar-refractivity contribution in [1.29, 1.82) is 0 Å². The summed E-state index contributed by atoms with van der Waals surface area (Å²) in [6, 6.07) is 10.4. The fourth-order valence-electron chi connectivity index (χ4n) is 3.04. The molecule has 1 saturated heterocycles. The van der Waals surface area contributed by atoms with Gasteiger partial charge in [-0.25, -0.2) is 8.78 Å². The number of rotatable bonds is 4. The summed E-state index contributed by atoms with van der Waals surface area (Å²) in [5.74, 6) is -3.15. The monoisotopic (exact) mass is 402 g/mol. The molecule has 8 heteroatoms. The molecule has 1 fully saturated rings. The largest absolute Gasteiger partial charge is 0.378 e. The number of carbonyl (C=O) groups excluding carboxylic acids is 1. The second-order valence-corrected chi connectivity index (χ2v) is 7.09. The van der Waals surface area contributed by atoms with Gasteiger partial charge in [-0.1, -0.05) is 18.7 Å². The van der Waals surface area contributed by atoms with E-state index in [1.165, 1.54) is 6.07 Å². The molecule has 5 nitrogen and oxygen atoms in total. The van der Waals surface area contributed by atoms with Crippen LogP contribution < -0.4 is 20.9 Å². The van der Waals surface area contributed by atoms with Crippen molar-refractivity contribution in [2.24, 2.45) is 5.92 Å². The summed E-state index contributed by atoms with van der Waals surface area (Å²) < 4.78 is 26.6. The van der Waals surface area contributed by atoms with Crippen LogP contribution >= 0.6 is 12.2 Å². The molecule has 1 aliphatic rings. The van der Waals surface area contributed by atoms with Gasteiger partial charge in [0.1, 0.15) is 5.92 Å². The van der Waals surface area contributed by atoms with Crippen molar-refractivity contribution in [2.45, 2.75) is 6.04 Å². The Morgan fingerprint density at radius 1 is 1.14 bits per heavy atom. The maximum Gasteiger partial charge on any atom is 0.235 e. The highest BCUT2D eigenvalue weighted by Gasteiger charge is 2.36. The summed E-state index contributed by atoms with van der Waals surface area (Å²) in [7, 11) is 3.87. The zero-order valence-corrected chi connectivity index (χ0v) is 16.2. The highest BCUT2D eigenvalue weighted by Crippen LogP contribution is 2.31. The van der Waals surface area contributed by atoms with Crippen LogP contribution in [0.3, 0.4) is 0 Å². The molecule has 1 amide bonds. The van der Waals surface area contributed by atoms with Crippen LogP contribution in [-0.4, -0.2) is 25.1 Å². The lowest BCUT2D eigenvalue weighted by atomic mass is 9.88. The van der Waals surface area contributed by atoms with Crippen LogP contribution in [0.1, 0.15) is 11.6 Å². The predicted octanol–water partition coefficient (Wildman–Crippen LogP) is 3.32. The lowest BCUT2D eigenvalue weighted by Gasteiger charge is -2.35. The Bertz CT molecular complexity index is 930. The lowest BCUT2D eigenvalue weighted by Crippen LogP contribution is -2.51. The SMILES string of the molecule is C=C1NC(=S)N[C@H](c2ccc(N(C)C)cc2)[C@@H]1C(=O)Nc1ccc(F)c(F)c1. The van der Waals surface area contributed by atoms with Gasteiger partial charge in [-0.3, -0.25) is 4.79 Å². The Balaban J connectivity index is 1.88. The molecule has 0 spiro atoms. The number of anilines is 2. The van der Waals surface area contributed by atoms with Crippen molar-refractivity contribution in [2.75, 3.05) is 24.3 Å². The molecular weight excluding hydrogens is 382 g/mol. The molecule has 0 bridgehead atoms. The van der Waals surface area contributed by atoms with Crippen molar-refractivity contribution < 1.29 is 13.6 Å². The molecule has 3 N–H and O–H groups in total. The number of benzene rings is 2. The average molecular weight is 402 g/mol. The standard InChI is InChI=1S/C20H20F2N4OS/c1-11-17(19(27)24-13-6-9-15(21)16(22)10-13)18(25-20(28)23-11)12-4-7-14(8-5-12)26(2)3/h4-10,17-18H,1H2,2-3H3,(H,24,27)(H2,23,25,28)/t17-,18-/m1/s1. The van der Waals surface area contributed by atoms with E-state index in [-0.39, 0.29) is 5.69 Å². The van der Waals surface area contributed by atoms with Gasteiger partial charge in [0.25, 0.3) is 0 Å². The van der Waals surface area contributed by atoms with Crippen LogP contribution in [0.2, 0.25) is 0 Å². The quantitative estimate of drug-likeness (QED) is 0.685. The van der Waals surface area contributed by atoms with Crippen LogP contribution in [0.25, 0.3) is 0 Å². The van der Waals surface area contributed by atoms with Crippen molar-refractivity contribution in [3.63, 3.8) is 0 Å². The number of carbonyl (C=O) groups is 1. The van der Waals surface area contributed by atoms with E-state index >= 15 is 0 Å². The summed E-state index contributed by atoms with van der Waals surface area (Å²) in [4.78, 5) is 14.9. The third kappa shape index (κ3) is 4.12. The maximum atomic E-state index is 13.5. The third-order valence-corrected chi connectivity index (χ3v) is 4.73. The fourth-order valence-corrected chi connectivity index (χ4v) is 3.30. The minimum atomic E-state index is -1.03. The van der Waals surface area contributed by atoms with E-state index in [2.05, 4.69) is 22.5 Å². The number of thiocarbonyl (C=S) groups is 1. The molecule has 2 aromatic carbocycles. The number of hydrogen-bond acceptors (Lipinski definition) is 3. The summed E-state index contributed by atoms with van der Waals surface area (Å²) in [5, 5.41) is 8.95. The Labute approximate surface area is 167 Å². The molecule has 2 atom stereocenters.